The molecule has 5 rings (SSSR count). The van der Waals surface area contributed by atoms with Crippen LogP contribution >= 0.6 is 0 Å². The third-order valence-electron chi connectivity index (χ3n) is 6.38. The van der Waals surface area contributed by atoms with Crippen molar-refractivity contribution >= 4 is 23.3 Å². The molecule has 0 aliphatic carbocycles. The number of imidazole rings is 1. The van der Waals surface area contributed by atoms with E-state index in [2.05, 4.69) is 15.6 Å². The van der Waals surface area contributed by atoms with Gasteiger partial charge in [0.15, 0.2) is 0 Å². The Morgan fingerprint density at radius 1 is 1.00 bits per heavy atom. The normalized spacial score (nSPS) is 14.0. The number of hydrogen-bond donors (Lipinski definition) is 2. The molecule has 1 aliphatic heterocycles. The molecule has 184 valence electrons. The van der Waals surface area contributed by atoms with E-state index in [0.717, 1.165) is 22.6 Å². The number of para-hydroxylation sites is 2. The molecule has 1 aliphatic rings. The Morgan fingerprint density at radius 2 is 1.75 bits per heavy atom. The van der Waals surface area contributed by atoms with Crippen LogP contribution in [-0.2, 0) is 6.61 Å². The van der Waals surface area contributed by atoms with Gasteiger partial charge in [-0.2, -0.15) is 0 Å². The third-order valence-corrected chi connectivity index (χ3v) is 6.38. The zero-order valence-electron chi connectivity index (χ0n) is 20.2. The largest absolute Gasteiger partial charge is 0.486 e. The van der Waals surface area contributed by atoms with Crippen LogP contribution in [0.1, 0.15) is 34.5 Å². The average Bonchev–Trinajstić information content (AvgIpc) is 3.33. The molecule has 1 saturated heterocycles. The van der Waals surface area contributed by atoms with Crippen LogP contribution in [-0.4, -0.2) is 45.4 Å². The molecule has 8 heteroatoms. The fraction of sp³-hybridized carbons (Fsp3) is 0.250. The fourth-order valence-corrected chi connectivity index (χ4v) is 4.42. The number of likely N-dealkylation sites (tertiary alicyclic amines) is 1. The second-order valence-electron chi connectivity index (χ2n) is 8.97. The number of fused-ring (bicyclic) bond motifs is 1. The topological polar surface area (TPSA) is 88.0 Å². The van der Waals surface area contributed by atoms with Crippen molar-refractivity contribution in [3.05, 3.63) is 95.9 Å². The van der Waals surface area contributed by atoms with Crippen LogP contribution in [0.25, 0.3) is 5.65 Å². The van der Waals surface area contributed by atoms with Gasteiger partial charge in [0.2, 0.25) is 0 Å². The van der Waals surface area contributed by atoms with Crippen molar-refractivity contribution in [2.75, 3.05) is 18.4 Å². The number of aromatic nitrogens is 2. The minimum absolute atomic E-state index is 0.00672. The molecule has 4 aromatic rings. The maximum atomic E-state index is 13.1. The third kappa shape index (κ3) is 5.33. The summed E-state index contributed by atoms with van der Waals surface area (Å²) in [7, 11) is 0. The molecule has 0 spiro atoms. The highest BCUT2D eigenvalue weighted by Crippen LogP contribution is 2.21. The number of aryl methyl sites for hydroxylation is 1. The number of pyridine rings is 1. The van der Waals surface area contributed by atoms with Gasteiger partial charge in [0, 0.05) is 37.2 Å². The van der Waals surface area contributed by atoms with E-state index in [1.165, 1.54) is 0 Å². The Morgan fingerprint density at radius 3 is 2.53 bits per heavy atom. The van der Waals surface area contributed by atoms with Crippen LogP contribution < -0.4 is 15.4 Å². The van der Waals surface area contributed by atoms with E-state index in [-0.39, 0.29) is 24.6 Å². The predicted octanol–water partition coefficient (Wildman–Crippen LogP) is 4.65. The Bertz CT molecular complexity index is 1360. The van der Waals surface area contributed by atoms with Gasteiger partial charge in [-0.05, 0) is 55.7 Å². The second kappa shape index (κ2) is 10.5. The van der Waals surface area contributed by atoms with Crippen molar-refractivity contribution in [1.82, 2.24) is 19.6 Å². The number of anilines is 1. The number of amides is 3. The van der Waals surface area contributed by atoms with Crippen molar-refractivity contribution in [1.29, 1.82) is 0 Å². The van der Waals surface area contributed by atoms with E-state index < -0.39 is 0 Å². The number of nitrogens with one attached hydrogen (secondary N) is 2. The summed E-state index contributed by atoms with van der Waals surface area (Å²) < 4.78 is 7.98. The van der Waals surface area contributed by atoms with Crippen molar-refractivity contribution in [2.45, 2.75) is 32.4 Å². The molecule has 0 unspecified atom stereocenters. The number of rotatable bonds is 6. The van der Waals surface area contributed by atoms with Crippen molar-refractivity contribution in [2.24, 2.45) is 0 Å². The first-order valence-corrected chi connectivity index (χ1v) is 12.1. The van der Waals surface area contributed by atoms with Gasteiger partial charge in [0.25, 0.3) is 5.91 Å². The number of nitrogens with zero attached hydrogens (tertiary/aromatic N) is 3. The smallest absolute Gasteiger partial charge is 0.321 e. The second-order valence-corrected chi connectivity index (χ2v) is 8.97. The fourth-order valence-electron chi connectivity index (χ4n) is 4.42. The van der Waals surface area contributed by atoms with Crippen LogP contribution in [0, 0.1) is 6.92 Å². The van der Waals surface area contributed by atoms with Gasteiger partial charge < -0.3 is 24.7 Å². The molecule has 0 radical (unpaired) electrons. The first kappa shape index (κ1) is 23.4. The number of piperidine rings is 1. The number of ether oxygens (including phenoxy) is 1. The number of benzene rings is 2. The van der Waals surface area contributed by atoms with Crippen LogP contribution in [0.4, 0.5) is 10.5 Å². The highest BCUT2D eigenvalue weighted by atomic mass is 16.5. The summed E-state index contributed by atoms with van der Waals surface area (Å²) in [4.78, 5) is 32.0. The summed E-state index contributed by atoms with van der Waals surface area (Å²) in [5.41, 5.74) is 4.04. The molecule has 2 aromatic carbocycles. The average molecular weight is 484 g/mol. The maximum Gasteiger partial charge on any atom is 0.321 e. The molecule has 2 aromatic heterocycles. The summed E-state index contributed by atoms with van der Waals surface area (Å²) in [6, 6.07) is 20.5. The molecule has 0 bridgehead atoms. The standard InChI is InChI=1S/C28H29N5O3/c1-20-8-7-15-33-18-23(29-26(20)33)19-36-25-12-6-5-11-24(25)27(34)30-22-13-16-32(17-14-22)28(35)31-21-9-3-2-4-10-21/h2-12,15,18,22H,13-14,16-17,19H2,1H3,(H,30,34)(H,31,35). The lowest BCUT2D eigenvalue weighted by molar-refractivity contribution is 0.0914. The van der Waals surface area contributed by atoms with Crippen molar-refractivity contribution < 1.29 is 14.3 Å². The summed E-state index contributed by atoms with van der Waals surface area (Å²) >= 11 is 0. The predicted molar refractivity (Wildman–Crippen MR) is 138 cm³/mol. The van der Waals surface area contributed by atoms with Gasteiger partial charge in [-0.3, -0.25) is 4.79 Å². The lowest BCUT2D eigenvalue weighted by atomic mass is 10.0. The van der Waals surface area contributed by atoms with E-state index in [9.17, 15) is 9.59 Å². The minimum atomic E-state index is -0.177. The molecule has 3 heterocycles. The van der Waals surface area contributed by atoms with Crippen LogP contribution in [0.3, 0.4) is 0 Å². The number of urea groups is 1. The quantitative estimate of drug-likeness (QED) is 0.418. The van der Waals surface area contributed by atoms with Crippen LogP contribution in [0.5, 0.6) is 5.75 Å². The van der Waals surface area contributed by atoms with E-state index in [1.54, 1.807) is 17.0 Å². The van der Waals surface area contributed by atoms with Gasteiger partial charge in [-0.15, -0.1) is 0 Å². The number of carbonyl (C=O) groups is 2. The highest BCUT2D eigenvalue weighted by Gasteiger charge is 2.25. The number of carbonyl (C=O) groups excluding carboxylic acids is 2. The van der Waals surface area contributed by atoms with Gasteiger partial charge >= 0.3 is 6.03 Å². The van der Waals surface area contributed by atoms with Gasteiger partial charge in [-0.1, -0.05) is 36.4 Å². The summed E-state index contributed by atoms with van der Waals surface area (Å²) in [5, 5.41) is 6.03. The summed E-state index contributed by atoms with van der Waals surface area (Å²) in [6.45, 7) is 3.44. The molecular weight excluding hydrogens is 454 g/mol. The van der Waals surface area contributed by atoms with E-state index in [0.29, 0.717) is 37.2 Å². The molecule has 8 nitrogen and oxygen atoms in total. The number of hydrogen-bond acceptors (Lipinski definition) is 4. The monoisotopic (exact) mass is 483 g/mol. The van der Waals surface area contributed by atoms with Crippen molar-refractivity contribution in [3.8, 4) is 5.75 Å². The summed E-state index contributed by atoms with van der Waals surface area (Å²) in [5.74, 6) is 0.340. The minimum Gasteiger partial charge on any atom is -0.486 e. The van der Waals surface area contributed by atoms with Gasteiger partial charge in [-0.25, -0.2) is 9.78 Å². The Balaban J connectivity index is 1.16. The lowest BCUT2D eigenvalue weighted by Gasteiger charge is -2.32. The van der Waals surface area contributed by atoms with Gasteiger partial charge in [0.1, 0.15) is 18.0 Å². The first-order valence-electron chi connectivity index (χ1n) is 12.1. The lowest BCUT2D eigenvalue weighted by Crippen LogP contribution is -2.47. The Kier molecular flexibility index (Phi) is 6.84. The Hall–Kier alpha value is -4.33. The SMILES string of the molecule is Cc1cccn2cc(COc3ccccc3C(=O)NC3CCN(C(=O)Nc4ccccc4)CC3)nc12. The first-order chi connectivity index (χ1) is 17.6. The van der Waals surface area contributed by atoms with Crippen LogP contribution in [0.2, 0.25) is 0 Å². The van der Waals surface area contributed by atoms with E-state index in [4.69, 9.17) is 4.74 Å². The van der Waals surface area contributed by atoms with E-state index in [1.807, 2.05) is 78.3 Å². The molecule has 36 heavy (non-hydrogen) atoms. The highest BCUT2D eigenvalue weighted by molar-refractivity contribution is 5.97. The molecular formula is C28H29N5O3. The summed E-state index contributed by atoms with van der Waals surface area (Å²) in [6.07, 6.45) is 5.28. The molecule has 2 N–H and O–H groups in total. The maximum absolute atomic E-state index is 13.1. The zero-order valence-corrected chi connectivity index (χ0v) is 20.2. The molecule has 0 saturated carbocycles. The zero-order chi connectivity index (χ0) is 24.9. The Labute approximate surface area is 209 Å². The van der Waals surface area contributed by atoms with Crippen LogP contribution in [0.15, 0.2) is 79.1 Å². The molecule has 3 amide bonds. The van der Waals surface area contributed by atoms with Gasteiger partial charge in [0.05, 0.1) is 11.3 Å². The van der Waals surface area contributed by atoms with Crippen molar-refractivity contribution in [3.63, 3.8) is 0 Å². The van der Waals surface area contributed by atoms with E-state index >= 15 is 0 Å². The molecule has 0 atom stereocenters. The molecule has 1 fully saturated rings.